The zero-order chi connectivity index (χ0) is 24.0. The SMILES string of the molecule is CC1(C)c2cc(OCCN3CCC(C(N)=O)CC3)ccc2C(=O)c2c1[nH]c1cc(C#N)ccc21. The predicted molar refractivity (Wildman–Crippen MR) is 129 cm³/mol. The molecule has 7 heteroatoms. The maximum absolute atomic E-state index is 13.5. The lowest BCUT2D eigenvalue weighted by Gasteiger charge is -2.32. The fourth-order valence-electron chi connectivity index (χ4n) is 5.30. The van der Waals surface area contributed by atoms with Gasteiger partial charge >= 0.3 is 0 Å². The lowest BCUT2D eigenvalue weighted by Crippen LogP contribution is -2.40. The van der Waals surface area contributed by atoms with Crippen molar-refractivity contribution in [3.63, 3.8) is 0 Å². The van der Waals surface area contributed by atoms with E-state index < -0.39 is 5.41 Å². The number of amides is 1. The molecule has 2 heterocycles. The maximum atomic E-state index is 13.5. The molecule has 0 unspecified atom stereocenters. The van der Waals surface area contributed by atoms with Gasteiger partial charge in [0, 0.05) is 40.0 Å². The van der Waals surface area contributed by atoms with Crippen LogP contribution in [-0.4, -0.2) is 47.8 Å². The van der Waals surface area contributed by atoms with Crippen molar-refractivity contribution in [2.45, 2.75) is 32.1 Å². The second-order valence-electron chi connectivity index (χ2n) is 9.78. The molecule has 1 saturated heterocycles. The third kappa shape index (κ3) is 3.64. The average Bonchev–Trinajstić information content (AvgIpc) is 3.23. The Labute approximate surface area is 198 Å². The van der Waals surface area contributed by atoms with Crippen molar-refractivity contribution in [3.8, 4) is 11.8 Å². The van der Waals surface area contributed by atoms with Gasteiger partial charge in [-0.3, -0.25) is 14.5 Å². The van der Waals surface area contributed by atoms with Crippen molar-refractivity contribution in [2.75, 3.05) is 26.2 Å². The summed E-state index contributed by atoms with van der Waals surface area (Å²) in [4.78, 5) is 30.5. The van der Waals surface area contributed by atoms with E-state index in [1.54, 1.807) is 12.1 Å². The molecular weight excluding hydrogens is 428 g/mol. The van der Waals surface area contributed by atoms with Crippen molar-refractivity contribution in [2.24, 2.45) is 11.7 Å². The van der Waals surface area contributed by atoms with Crippen LogP contribution in [0.5, 0.6) is 5.75 Å². The Balaban J connectivity index is 1.35. The molecular formula is C27H28N4O3. The van der Waals surface area contributed by atoms with E-state index in [9.17, 15) is 14.9 Å². The van der Waals surface area contributed by atoms with Crippen LogP contribution in [0.15, 0.2) is 36.4 Å². The molecule has 1 aromatic heterocycles. The minimum atomic E-state index is -0.430. The summed E-state index contributed by atoms with van der Waals surface area (Å²) in [6, 6.07) is 13.3. The quantitative estimate of drug-likeness (QED) is 0.610. The number of ketones is 1. The number of nitrogens with zero attached hydrogens (tertiary/aromatic N) is 2. The molecule has 0 bridgehead atoms. The Bertz CT molecular complexity index is 1340. The fraction of sp³-hybridized carbons (Fsp3) is 0.370. The van der Waals surface area contributed by atoms with Crippen LogP contribution in [0, 0.1) is 17.2 Å². The molecule has 34 heavy (non-hydrogen) atoms. The Kier molecular flexibility index (Phi) is 5.41. The summed E-state index contributed by atoms with van der Waals surface area (Å²) >= 11 is 0. The van der Waals surface area contributed by atoms with Gasteiger partial charge in [-0.05, 0) is 61.8 Å². The highest BCUT2D eigenvalue weighted by Gasteiger charge is 2.39. The highest BCUT2D eigenvalue weighted by molar-refractivity contribution is 6.20. The largest absolute Gasteiger partial charge is 0.492 e. The number of benzene rings is 2. The van der Waals surface area contributed by atoms with E-state index in [1.165, 1.54) is 0 Å². The number of nitriles is 1. The van der Waals surface area contributed by atoms with Crippen LogP contribution < -0.4 is 10.5 Å². The smallest absolute Gasteiger partial charge is 0.220 e. The zero-order valence-electron chi connectivity index (χ0n) is 19.5. The van der Waals surface area contributed by atoms with Gasteiger partial charge in [0.1, 0.15) is 12.4 Å². The molecule has 174 valence electrons. The zero-order valence-corrected chi connectivity index (χ0v) is 19.5. The summed E-state index contributed by atoms with van der Waals surface area (Å²) in [5.41, 5.74) is 9.51. The van der Waals surface area contributed by atoms with E-state index in [-0.39, 0.29) is 17.6 Å². The van der Waals surface area contributed by atoms with Gasteiger partial charge in [-0.2, -0.15) is 5.26 Å². The topological polar surface area (TPSA) is 112 Å². The van der Waals surface area contributed by atoms with E-state index in [0.29, 0.717) is 23.3 Å². The number of H-pyrrole nitrogens is 1. The molecule has 3 N–H and O–H groups in total. The number of ether oxygens (including phenoxy) is 1. The van der Waals surface area contributed by atoms with Crippen molar-refractivity contribution < 1.29 is 14.3 Å². The molecule has 1 aliphatic heterocycles. The number of nitrogens with two attached hydrogens (primary N) is 1. The van der Waals surface area contributed by atoms with Crippen LogP contribution in [0.25, 0.3) is 10.9 Å². The van der Waals surface area contributed by atoms with E-state index in [2.05, 4.69) is 29.8 Å². The molecule has 0 radical (unpaired) electrons. The summed E-state index contributed by atoms with van der Waals surface area (Å²) in [6.45, 7) is 7.20. The number of aromatic amines is 1. The van der Waals surface area contributed by atoms with Gasteiger partial charge in [-0.1, -0.05) is 19.9 Å². The third-order valence-electron chi connectivity index (χ3n) is 7.35. The minimum absolute atomic E-state index is 0.0100. The first-order valence-electron chi connectivity index (χ1n) is 11.7. The highest BCUT2D eigenvalue weighted by Crippen LogP contribution is 2.44. The number of fused-ring (bicyclic) bond motifs is 4. The van der Waals surface area contributed by atoms with Crippen LogP contribution in [0.1, 0.15) is 59.4 Å². The van der Waals surface area contributed by atoms with Gasteiger partial charge in [0.2, 0.25) is 5.91 Å². The Hall–Kier alpha value is -3.63. The Morgan fingerprint density at radius 2 is 2.00 bits per heavy atom. The standard InChI is InChI=1S/C27H28N4O3/c1-27(2)21-14-18(34-12-11-31-9-7-17(8-10-31)26(29)33)4-6-19(21)24(32)23-20-5-3-16(15-28)13-22(20)30-25(23)27/h3-6,13-14,17,30H,7-12H2,1-2H3,(H2,29,33). The van der Waals surface area contributed by atoms with Crippen molar-refractivity contribution in [1.29, 1.82) is 5.26 Å². The second kappa shape index (κ2) is 8.30. The number of hydrogen-bond donors (Lipinski definition) is 2. The predicted octanol–water partition coefficient (Wildman–Crippen LogP) is 3.49. The van der Waals surface area contributed by atoms with Crippen LogP contribution in [-0.2, 0) is 10.2 Å². The van der Waals surface area contributed by atoms with Crippen molar-refractivity contribution >= 4 is 22.6 Å². The monoisotopic (exact) mass is 456 g/mol. The summed E-state index contributed by atoms with van der Waals surface area (Å²) in [5.74, 6) is 0.506. The van der Waals surface area contributed by atoms with E-state index in [1.807, 2.05) is 24.3 Å². The van der Waals surface area contributed by atoms with E-state index in [0.717, 1.165) is 60.4 Å². The number of nitrogens with one attached hydrogen (secondary N) is 1. The lowest BCUT2D eigenvalue weighted by atomic mass is 9.71. The van der Waals surface area contributed by atoms with Gasteiger partial charge in [-0.25, -0.2) is 0 Å². The first-order valence-corrected chi connectivity index (χ1v) is 11.7. The number of hydrogen-bond acceptors (Lipinski definition) is 5. The Morgan fingerprint density at radius 1 is 1.24 bits per heavy atom. The van der Waals surface area contributed by atoms with Crippen molar-refractivity contribution in [3.05, 3.63) is 64.3 Å². The highest BCUT2D eigenvalue weighted by atomic mass is 16.5. The Morgan fingerprint density at radius 3 is 2.71 bits per heavy atom. The summed E-state index contributed by atoms with van der Waals surface area (Å²) < 4.78 is 6.06. The van der Waals surface area contributed by atoms with Gasteiger partial charge in [-0.15, -0.1) is 0 Å². The molecule has 1 aliphatic carbocycles. The van der Waals surface area contributed by atoms with E-state index in [4.69, 9.17) is 10.5 Å². The second-order valence-corrected chi connectivity index (χ2v) is 9.78. The normalized spacial score (nSPS) is 17.7. The number of carbonyl (C=O) groups excluding carboxylic acids is 2. The molecule has 5 rings (SSSR count). The first kappa shape index (κ1) is 22.2. The van der Waals surface area contributed by atoms with Crippen molar-refractivity contribution in [1.82, 2.24) is 9.88 Å². The third-order valence-corrected chi connectivity index (χ3v) is 7.35. The molecule has 0 saturated carbocycles. The van der Waals surface area contributed by atoms with Crippen LogP contribution in [0.4, 0.5) is 0 Å². The van der Waals surface area contributed by atoms with E-state index >= 15 is 0 Å². The lowest BCUT2D eigenvalue weighted by molar-refractivity contribution is -0.123. The van der Waals surface area contributed by atoms with Crippen LogP contribution in [0.2, 0.25) is 0 Å². The summed E-state index contributed by atoms with van der Waals surface area (Å²) in [5, 5.41) is 10.1. The molecule has 2 aliphatic rings. The average molecular weight is 457 g/mol. The van der Waals surface area contributed by atoms with Gasteiger partial charge in [0.25, 0.3) is 0 Å². The van der Waals surface area contributed by atoms with Gasteiger partial charge in [0.15, 0.2) is 5.78 Å². The van der Waals surface area contributed by atoms with Gasteiger partial charge in [0.05, 0.1) is 17.2 Å². The molecule has 2 aromatic carbocycles. The summed E-state index contributed by atoms with van der Waals surface area (Å²) in [6.07, 6.45) is 1.60. The minimum Gasteiger partial charge on any atom is -0.492 e. The number of piperidine rings is 1. The molecule has 7 nitrogen and oxygen atoms in total. The molecule has 0 atom stereocenters. The maximum Gasteiger partial charge on any atom is 0.220 e. The van der Waals surface area contributed by atoms with Crippen LogP contribution in [0.3, 0.4) is 0 Å². The van der Waals surface area contributed by atoms with Crippen LogP contribution >= 0.6 is 0 Å². The van der Waals surface area contributed by atoms with Gasteiger partial charge < -0.3 is 15.5 Å². The first-order chi connectivity index (χ1) is 16.3. The molecule has 1 amide bonds. The molecule has 3 aromatic rings. The summed E-state index contributed by atoms with van der Waals surface area (Å²) in [7, 11) is 0. The molecule has 0 spiro atoms. The number of aromatic nitrogens is 1. The number of primary amides is 1. The number of likely N-dealkylation sites (tertiary alicyclic amines) is 1. The molecule has 1 fully saturated rings. The fourth-order valence-corrected chi connectivity index (χ4v) is 5.30. The number of carbonyl (C=O) groups is 2. The number of rotatable bonds is 5.